The first-order valence-corrected chi connectivity index (χ1v) is 11.0. The normalized spacial score (nSPS) is 20.7. The second-order valence-electron chi connectivity index (χ2n) is 8.69. The highest BCUT2D eigenvalue weighted by Crippen LogP contribution is 2.37. The molecule has 2 saturated heterocycles. The van der Waals surface area contributed by atoms with Gasteiger partial charge in [-0.25, -0.2) is 4.79 Å². The van der Waals surface area contributed by atoms with Crippen LogP contribution in [0.25, 0.3) is 0 Å². The molecule has 2 aromatic carbocycles. The van der Waals surface area contributed by atoms with E-state index in [1.807, 2.05) is 6.92 Å². The number of nitrogens with zero attached hydrogens (tertiary/aromatic N) is 2. The molecule has 1 unspecified atom stereocenters. The minimum Gasteiger partial charge on any atom is -0.378 e. The van der Waals surface area contributed by atoms with E-state index in [1.54, 1.807) is 29.2 Å². The van der Waals surface area contributed by atoms with Gasteiger partial charge in [0.1, 0.15) is 12.1 Å². The van der Waals surface area contributed by atoms with Crippen LogP contribution in [0.15, 0.2) is 42.5 Å². The minimum absolute atomic E-state index is 0.363. The van der Waals surface area contributed by atoms with Crippen LogP contribution in [-0.2, 0) is 26.0 Å². The van der Waals surface area contributed by atoms with Crippen molar-refractivity contribution in [2.24, 2.45) is 0 Å². The Hall–Kier alpha value is -3.60. The van der Waals surface area contributed by atoms with Crippen molar-refractivity contribution in [1.82, 2.24) is 10.2 Å². The predicted molar refractivity (Wildman–Crippen MR) is 122 cm³/mol. The van der Waals surface area contributed by atoms with Crippen molar-refractivity contribution in [2.45, 2.75) is 25.6 Å². The number of urea groups is 1. The van der Waals surface area contributed by atoms with Crippen LogP contribution >= 0.6 is 0 Å². The summed E-state index contributed by atoms with van der Waals surface area (Å²) in [5.74, 6) is -1.59. The Labute approximate surface area is 200 Å². The maximum Gasteiger partial charge on any atom is 0.418 e. The third-order valence-corrected chi connectivity index (χ3v) is 6.16. The van der Waals surface area contributed by atoms with Crippen LogP contribution in [0.5, 0.6) is 0 Å². The summed E-state index contributed by atoms with van der Waals surface area (Å²) in [6.07, 6.45) is -4.73. The number of anilines is 2. The molecule has 4 amide bonds. The number of halogens is 3. The van der Waals surface area contributed by atoms with E-state index < -0.39 is 47.4 Å². The fraction of sp³-hybridized carbons (Fsp3) is 0.375. The van der Waals surface area contributed by atoms with Crippen LogP contribution in [0.1, 0.15) is 23.6 Å². The number of nitrogens with one attached hydrogen (secondary N) is 2. The van der Waals surface area contributed by atoms with Gasteiger partial charge in [0.2, 0.25) is 5.91 Å². The van der Waals surface area contributed by atoms with Crippen LogP contribution in [-0.4, -0.2) is 55.6 Å². The molecule has 2 aromatic rings. The molecular weight excluding hydrogens is 465 g/mol. The van der Waals surface area contributed by atoms with Crippen LogP contribution in [0.4, 0.5) is 29.3 Å². The van der Waals surface area contributed by atoms with Crippen molar-refractivity contribution >= 4 is 29.2 Å². The molecule has 35 heavy (non-hydrogen) atoms. The van der Waals surface area contributed by atoms with Crippen molar-refractivity contribution in [3.63, 3.8) is 0 Å². The lowest BCUT2D eigenvalue weighted by atomic mass is 9.91. The molecule has 0 aromatic heterocycles. The van der Waals surface area contributed by atoms with E-state index in [4.69, 9.17) is 4.74 Å². The number of carbonyl (C=O) groups is 3. The van der Waals surface area contributed by atoms with Crippen molar-refractivity contribution in [1.29, 1.82) is 0 Å². The molecule has 0 saturated carbocycles. The van der Waals surface area contributed by atoms with Gasteiger partial charge in [-0.15, -0.1) is 0 Å². The number of rotatable bonds is 5. The third kappa shape index (κ3) is 4.95. The molecule has 2 heterocycles. The van der Waals surface area contributed by atoms with E-state index in [9.17, 15) is 27.6 Å². The molecule has 186 valence electrons. The molecule has 2 aliphatic heterocycles. The number of carbonyl (C=O) groups excluding carboxylic acids is 3. The summed E-state index contributed by atoms with van der Waals surface area (Å²) in [6.45, 7) is 4.39. The summed E-state index contributed by atoms with van der Waals surface area (Å²) < 4.78 is 46.5. The molecule has 0 radical (unpaired) electrons. The highest BCUT2D eigenvalue weighted by molar-refractivity contribution is 6.10. The number of aryl methyl sites for hydroxylation is 1. The fourth-order valence-corrected chi connectivity index (χ4v) is 4.15. The van der Waals surface area contributed by atoms with Gasteiger partial charge in [0.25, 0.3) is 5.91 Å². The summed E-state index contributed by atoms with van der Waals surface area (Å²) >= 11 is 0. The molecule has 8 nitrogen and oxygen atoms in total. The predicted octanol–water partition coefficient (Wildman–Crippen LogP) is 3.26. The molecule has 4 rings (SSSR count). The van der Waals surface area contributed by atoms with Gasteiger partial charge in [-0.05, 0) is 37.6 Å². The molecular formula is C24H25F3N4O4. The quantitative estimate of drug-likeness (QED) is 0.628. The Morgan fingerprint density at radius 1 is 1.11 bits per heavy atom. The molecule has 2 aliphatic rings. The van der Waals surface area contributed by atoms with Gasteiger partial charge < -0.3 is 20.3 Å². The number of hydrogen-bond acceptors (Lipinski definition) is 5. The van der Waals surface area contributed by atoms with Gasteiger partial charge in [0.15, 0.2) is 0 Å². The van der Waals surface area contributed by atoms with Gasteiger partial charge in [0.05, 0.1) is 24.5 Å². The van der Waals surface area contributed by atoms with E-state index in [0.717, 1.165) is 11.6 Å². The van der Waals surface area contributed by atoms with Crippen LogP contribution in [0, 0.1) is 6.92 Å². The molecule has 0 bridgehead atoms. The second kappa shape index (κ2) is 9.21. The molecule has 1 atom stereocenters. The number of morpholine rings is 1. The number of hydrogen-bond donors (Lipinski definition) is 2. The maximum atomic E-state index is 13.8. The number of amides is 4. The van der Waals surface area contributed by atoms with E-state index in [1.165, 1.54) is 19.1 Å². The second-order valence-corrected chi connectivity index (χ2v) is 8.69. The summed E-state index contributed by atoms with van der Waals surface area (Å²) in [5.41, 5.74) is -0.999. The summed E-state index contributed by atoms with van der Waals surface area (Å²) in [6, 6.07) is 9.80. The largest absolute Gasteiger partial charge is 0.418 e. The lowest BCUT2D eigenvalue weighted by Gasteiger charge is -2.29. The highest BCUT2D eigenvalue weighted by Gasteiger charge is 2.49. The topological polar surface area (TPSA) is 91.0 Å². The Kier molecular flexibility index (Phi) is 6.46. The SMILES string of the molecule is Cc1ccc(C2(C)NC(=O)N(CC(=O)Nc3ccc(N4CCOCC4)cc3C(F)(F)F)C2=O)cc1. The van der Waals surface area contributed by atoms with Gasteiger partial charge in [-0.3, -0.25) is 14.5 Å². The average molecular weight is 490 g/mol. The number of alkyl halides is 3. The molecule has 2 N–H and O–H groups in total. The average Bonchev–Trinajstić information content (AvgIpc) is 3.03. The lowest BCUT2D eigenvalue weighted by molar-refractivity contribution is -0.137. The van der Waals surface area contributed by atoms with Crippen molar-refractivity contribution in [2.75, 3.05) is 43.1 Å². The van der Waals surface area contributed by atoms with Crippen LogP contribution < -0.4 is 15.5 Å². The van der Waals surface area contributed by atoms with Gasteiger partial charge in [-0.2, -0.15) is 13.2 Å². The molecule has 0 spiro atoms. The van der Waals surface area contributed by atoms with E-state index in [0.29, 0.717) is 42.5 Å². The zero-order valence-corrected chi connectivity index (χ0v) is 19.2. The van der Waals surface area contributed by atoms with Crippen LogP contribution in [0.3, 0.4) is 0 Å². The van der Waals surface area contributed by atoms with Gasteiger partial charge >= 0.3 is 12.2 Å². The Morgan fingerprint density at radius 2 is 1.77 bits per heavy atom. The van der Waals surface area contributed by atoms with E-state index in [-0.39, 0.29) is 0 Å². The zero-order valence-electron chi connectivity index (χ0n) is 19.2. The summed E-state index contributed by atoms with van der Waals surface area (Å²) in [4.78, 5) is 40.6. The fourth-order valence-electron chi connectivity index (χ4n) is 4.15. The van der Waals surface area contributed by atoms with E-state index >= 15 is 0 Å². The third-order valence-electron chi connectivity index (χ3n) is 6.16. The van der Waals surface area contributed by atoms with Gasteiger partial charge in [0, 0.05) is 18.8 Å². The lowest BCUT2D eigenvalue weighted by Crippen LogP contribution is -2.42. The molecule has 2 fully saturated rings. The first-order chi connectivity index (χ1) is 16.5. The maximum absolute atomic E-state index is 13.8. The summed E-state index contributed by atoms with van der Waals surface area (Å²) in [5, 5.41) is 4.79. The Balaban J connectivity index is 1.51. The van der Waals surface area contributed by atoms with Crippen molar-refractivity contribution in [3.8, 4) is 0 Å². The standard InChI is InChI=1S/C24H25F3N4O4/c1-15-3-5-16(6-4-15)23(2)21(33)31(22(34)29-23)14-20(32)28-19-8-7-17(13-18(19)24(25,26)27)30-9-11-35-12-10-30/h3-8,13H,9-12,14H2,1-2H3,(H,28,32)(H,29,34). The van der Waals surface area contributed by atoms with Crippen molar-refractivity contribution in [3.05, 3.63) is 59.2 Å². The summed E-state index contributed by atoms with van der Waals surface area (Å²) in [7, 11) is 0. The number of benzene rings is 2. The first kappa shape index (κ1) is 24.5. The monoisotopic (exact) mass is 490 g/mol. The molecule has 11 heteroatoms. The molecule has 0 aliphatic carbocycles. The number of ether oxygens (including phenoxy) is 1. The van der Waals surface area contributed by atoms with E-state index in [2.05, 4.69) is 10.6 Å². The number of imide groups is 1. The Bertz CT molecular complexity index is 1150. The smallest absolute Gasteiger partial charge is 0.378 e. The first-order valence-electron chi connectivity index (χ1n) is 11.0. The zero-order chi connectivity index (χ0) is 25.4. The minimum atomic E-state index is -4.73. The van der Waals surface area contributed by atoms with Gasteiger partial charge in [-0.1, -0.05) is 29.8 Å². The van der Waals surface area contributed by atoms with Crippen molar-refractivity contribution < 1.29 is 32.3 Å². The Morgan fingerprint density at radius 3 is 2.40 bits per heavy atom. The highest BCUT2D eigenvalue weighted by atomic mass is 19.4. The van der Waals surface area contributed by atoms with Crippen LogP contribution in [0.2, 0.25) is 0 Å².